The number of aliphatic imine (C=N–C) groups is 1. The van der Waals surface area contributed by atoms with E-state index in [0.29, 0.717) is 0 Å². The molecule has 0 spiro atoms. The average molecular weight is 373 g/mol. The van der Waals surface area contributed by atoms with Crippen LogP contribution in [0.2, 0.25) is 0 Å². The Morgan fingerprint density at radius 2 is 1.31 bits per heavy atom. The third kappa shape index (κ3) is 12.1. The number of hydrogen-bond donors (Lipinski definition) is 3. The summed E-state index contributed by atoms with van der Waals surface area (Å²) in [5, 5.41) is 13.8. The molecule has 0 aromatic carbocycles. The minimum atomic E-state index is -1.17. The zero-order valence-corrected chi connectivity index (χ0v) is 16.8. The second-order valence-electron chi connectivity index (χ2n) is 8.22. The summed E-state index contributed by atoms with van der Waals surface area (Å²) in [4.78, 5) is 39.3. The van der Waals surface area contributed by atoms with Crippen LogP contribution < -0.4 is 10.6 Å². The molecule has 0 aliphatic carbocycles. The van der Waals surface area contributed by atoms with E-state index in [1.54, 1.807) is 41.5 Å². The quantitative estimate of drug-likeness (QED) is 0.514. The summed E-state index contributed by atoms with van der Waals surface area (Å²) in [6.07, 6.45) is -1.52. The second-order valence-corrected chi connectivity index (χ2v) is 8.22. The van der Waals surface area contributed by atoms with E-state index in [4.69, 9.17) is 9.47 Å². The normalized spacial score (nSPS) is 12.8. The Kier molecular flexibility index (Phi) is 8.56. The molecule has 0 bridgehead atoms. The van der Waals surface area contributed by atoms with E-state index in [0.717, 1.165) is 0 Å². The SMILES string of the molecule is CC(C)C[C@H](N=C(NC(=O)OC(C)(C)C)NC(=O)OC(C)(C)C)C(=O)O. The summed E-state index contributed by atoms with van der Waals surface area (Å²) in [7, 11) is 0. The highest BCUT2D eigenvalue weighted by Gasteiger charge is 2.24. The summed E-state index contributed by atoms with van der Waals surface area (Å²) < 4.78 is 10.2. The molecule has 0 rings (SSSR count). The maximum atomic E-state index is 12.0. The van der Waals surface area contributed by atoms with Crippen LogP contribution in [-0.4, -0.2) is 46.5 Å². The Morgan fingerprint density at radius 3 is 1.58 bits per heavy atom. The number of hydrogen-bond acceptors (Lipinski definition) is 6. The number of carbonyl (C=O) groups is 3. The number of guanidine groups is 1. The highest BCUT2D eigenvalue weighted by Crippen LogP contribution is 2.10. The maximum Gasteiger partial charge on any atom is 0.414 e. The van der Waals surface area contributed by atoms with Crippen molar-refractivity contribution in [2.45, 2.75) is 79.1 Å². The monoisotopic (exact) mass is 373 g/mol. The van der Waals surface area contributed by atoms with Crippen molar-refractivity contribution in [2.75, 3.05) is 0 Å². The number of ether oxygens (including phenoxy) is 2. The summed E-state index contributed by atoms with van der Waals surface area (Å²) in [5.41, 5.74) is -1.55. The average Bonchev–Trinajstić information content (AvgIpc) is 2.31. The summed E-state index contributed by atoms with van der Waals surface area (Å²) in [6.45, 7) is 13.7. The Bertz CT molecular complexity index is 512. The topological polar surface area (TPSA) is 126 Å². The van der Waals surface area contributed by atoms with Gasteiger partial charge in [-0.05, 0) is 53.9 Å². The molecule has 150 valence electrons. The number of nitrogens with zero attached hydrogens (tertiary/aromatic N) is 1. The smallest absolute Gasteiger partial charge is 0.414 e. The third-order valence-corrected chi connectivity index (χ3v) is 2.50. The highest BCUT2D eigenvalue weighted by molar-refractivity contribution is 6.02. The van der Waals surface area contributed by atoms with Gasteiger partial charge >= 0.3 is 18.2 Å². The highest BCUT2D eigenvalue weighted by atomic mass is 16.6. The molecule has 0 saturated carbocycles. The van der Waals surface area contributed by atoms with Gasteiger partial charge in [0.25, 0.3) is 0 Å². The molecular formula is C17H31N3O6. The van der Waals surface area contributed by atoms with Gasteiger partial charge < -0.3 is 14.6 Å². The maximum absolute atomic E-state index is 12.0. The first kappa shape index (κ1) is 23.7. The summed E-state index contributed by atoms with van der Waals surface area (Å²) >= 11 is 0. The number of aliphatic carboxylic acids is 1. The molecule has 0 aromatic heterocycles. The van der Waals surface area contributed by atoms with Crippen LogP contribution in [0.5, 0.6) is 0 Å². The predicted molar refractivity (Wildman–Crippen MR) is 97.1 cm³/mol. The van der Waals surface area contributed by atoms with Crippen LogP contribution >= 0.6 is 0 Å². The van der Waals surface area contributed by atoms with Gasteiger partial charge in [0, 0.05) is 0 Å². The Balaban J connectivity index is 5.43. The van der Waals surface area contributed by atoms with Crippen LogP contribution in [0, 0.1) is 5.92 Å². The van der Waals surface area contributed by atoms with Gasteiger partial charge in [-0.1, -0.05) is 13.8 Å². The fourth-order valence-electron chi connectivity index (χ4n) is 1.71. The van der Waals surface area contributed by atoms with Crippen LogP contribution in [-0.2, 0) is 14.3 Å². The lowest BCUT2D eigenvalue weighted by molar-refractivity contribution is -0.138. The van der Waals surface area contributed by atoms with Crippen molar-refractivity contribution in [3.05, 3.63) is 0 Å². The van der Waals surface area contributed by atoms with Gasteiger partial charge in [0.2, 0.25) is 5.96 Å². The number of nitrogens with one attached hydrogen (secondary N) is 2. The number of carboxylic acids is 1. The van der Waals surface area contributed by atoms with Crippen molar-refractivity contribution < 1.29 is 29.0 Å². The minimum absolute atomic E-state index is 0.0455. The fourth-order valence-corrected chi connectivity index (χ4v) is 1.71. The van der Waals surface area contributed by atoms with E-state index >= 15 is 0 Å². The largest absolute Gasteiger partial charge is 0.480 e. The zero-order chi connectivity index (χ0) is 20.7. The molecule has 0 fully saturated rings. The molecule has 26 heavy (non-hydrogen) atoms. The standard InChI is InChI=1S/C17H31N3O6/c1-10(2)9-11(12(21)22)18-13(19-14(23)25-16(3,4)5)20-15(24)26-17(6,7)8/h10-11H,9H2,1-8H3,(H,21,22)(H2,18,19,20,23,24)/t11-/m0/s1. The molecule has 9 nitrogen and oxygen atoms in total. The van der Waals surface area contributed by atoms with Crippen LogP contribution in [0.4, 0.5) is 9.59 Å². The Morgan fingerprint density at radius 1 is 0.923 bits per heavy atom. The van der Waals surface area contributed by atoms with Crippen molar-refractivity contribution in [1.82, 2.24) is 10.6 Å². The molecule has 0 aromatic rings. The summed E-state index contributed by atoms with van der Waals surface area (Å²) in [5.74, 6) is -1.47. The van der Waals surface area contributed by atoms with Gasteiger partial charge in [0.1, 0.15) is 11.2 Å². The number of carbonyl (C=O) groups excluding carboxylic acids is 2. The lowest BCUT2D eigenvalue weighted by Gasteiger charge is -2.22. The molecule has 0 unspecified atom stereocenters. The van der Waals surface area contributed by atoms with Gasteiger partial charge in [-0.15, -0.1) is 0 Å². The minimum Gasteiger partial charge on any atom is -0.480 e. The van der Waals surface area contributed by atoms with Crippen LogP contribution in [0.15, 0.2) is 4.99 Å². The van der Waals surface area contributed by atoms with Gasteiger partial charge in [0.05, 0.1) is 0 Å². The molecule has 3 N–H and O–H groups in total. The van der Waals surface area contributed by atoms with Crippen molar-refractivity contribution in [3.63, 3.8) is 0 Å². The molecule has 0 saturated heterocycles. The van der Waals surface area contributed by atoms with Crippen molar-refractivity contribution in [1.29, 1.82) is 0 Å². The first-order chi connectivity index (χ1) is 11.6. The molecule has 1 atom stereocenters. The van der Waals surface area contributed by atoms with Gasteiger partial charge in [0.15, 0.2) is 6.04 Å². The van der Waals surface area contributed by atoms with Crippen LogP contribution in [0.25, 0.3) is 0 Å². The molecular weight excluding hydrogens is 342 g/mol. The number of rotatable bonds is 4. The Hall–Kier alpha value is -2.32. The number of alkyl carbamates (subject to hydrolysis) is 2. The first-order valence-electron chi connectivity index (χ1n) is 8.39. The number of carboxylic acid groups (broad SMARTS) is 1. The lowest BCUT2D eigenvalue weighted by atomic mass is 10.0. The third-order valence-electron chi connectivity index (χ3n) is 2.50. The van der Waals surface area contributed by atoms with E-state index in [2.05, 4.69) is 15.6 Å². The Labute approximate surface area is 154 Å². The van der Waals surface area contributed by atoms with E-state index in [1.807, 2.05) is 13.8 Å². The zero-order valence-electron chi connectivity index (χ0n) is 16.8. The predicted octanol–water partition coefficient (Wildman–Crippen LogP) is 2.89. The van der Waals surface area contributed by atoms with Gasteiger partial charge in [-0.3, -0.25) is 10.6 Å². The number of amides is 2. The van der Waals surface area contributed by atoms with E-state index < -0.39 is 35.4 Å². The van der Waals surface area contributed by atoms with Crippen molar-refractivity contribution in [3.8, 4) is 0 Å². The van der Waals surface area contributed by atoms with E-state index in [1.165, 1.54) is 0 Å². The van der Waals surface area contributed by atoms with Crippen LogP contribution in [0.1, 0.15) is 61.8 Å². The molecule has 0 heterocycles. The second kappa shape index (κ2) is 9.40. The van der Waals surface area contributed by atoms with Gasteiger partial charge in [-0.2, -0.15) is 0 Å². The molecule has 2 amide bonds. The molecule has 9 heteroatoms. The molecule has 0 aliphatic heterocycles. The fraction of sp³-hybridized carbons (Fsp3) is 0.765. The summed E-state index contributed by atoms with van der Waals surface area (Å²) in [6, 6.07) is -1.14. The van der Waals surface area contributed by atoms with Crippen molar-refractivity contribution >= 4 is 24.1 Å². The van der Waals surface area contributed by atoms with Crippen LogP contribution in [0.3, 0.4) is 0 Å². The molecule has 0 radical (unpaired) electrons. The van der Waals surface area contributed by atoms with Gasteiger partial charge in [-0.25, -0.2) is 19.4 Å². The van der Waals surface area contributed by atoms with E-state index in [9.17, 15) is 19.5 Å². The van der Waals surface area contributed by atoms with E-state index in [-0.39, 0.29) is 18.3 Å². The van der Waals surface area contributed by atoms with Crippen molar-refractivity contribution in [2.24, 2.45) is 10.9 Å². The molecule has 0 aliphatic rings. The lowest BCUT2D eigenvalue weighted by Crippen LogP contribution is -2.48. The first-order valence-corrected chi connectivity index (χ1v) is 8.39.